The van der Waals surface area contributed by atoms with Crippen molar-refractivity contribution in [3.05, 3.63) is 0 Å². The van der Waals surface area contributed by atoms with Gasteiger partial charge >= 0.3 is 5.97 Å². The second-order valence-electron chi connectivity index (χ2n) is 20.0. The maximum atomic E-state index is 15.1. The highest BCUT2D eigenvalue weighted by Gasteiger charge is 2.85. The van der Waals surface area contributed by atoms with E-state index in [4.69, 9.17) is 23.7 Å². The molecule has 3 heterocycles. The van der Waals surface area contributed by atoms with Gasteiger partial charge < -0.3 is 28.8 Å². The predicted octanol–water partition coefficient (Wildman–Crippen LogP) is 6.32. The normalized spacial score (nSPS) is 48.8. The second kappa shape index (κ2) is 12.5. The van der Waals surface area contributed by atoms with Crippen LogP contribution in [0.5, 0.6) is 0 Å². The molecule has 5 saturated carbocycles. The van der Waals surface area contributed by atoms with Crippen LogP contribution in [0.4, 0.5) is 0 Å². The number of esters is 1. The molecule has 0 aromatic carbocycles. The summed E-state index contributed by atoms with van der Waals surface area (Å²) in [7, 11) is 0. The Kier molecular flexibility index (Phi) is 9.00. The van der Waals surface area contributed by atoms with E-state index in [1.165, 1.54) is 19.3 Å². The Bertz CT molecular complexity index is 1370. The summed E-state index contributed by atoms with van der Waals surface area (Å²) in [6, 6.07) is 0.569. The fraction of sp³-hybridized carbons (Fsp3) is 0.952. The minimum absolute atomic E-state index is 0.0270. The molecular formula is C42H67NO8. The average Bonchev–Trinajstić information content (AvgIpc) is 3.73. The van der Waals surface area contributed by atoms with Crippen LogP contribution < -0.4 is 0 Å². The smallest absolute Gasteiger partial charge is 0.305 e. The first-order valence-corrected chi connectivity index (χ1v) is 20.7. The predicted molar refractivity (Wildman–Crippen MR) is 192 cm³/mol. The van der Waals surface area contributed by atoms with E-state index >= 15 is 4.79 Å². The molecule has 0 radical (unpaired) electrons. The molecule has 0 aromatic rings. The Morgan fingerprint density at radius 3 is 2.41 bits per heavy atom. The van der Waals surface area contributed by atoms with Crippen LogP contribution in [0.3, 0.4) is 0 Å². The largest absolute Gasteiger partial charge is 0.457 e. The zero-order valence-electron chi connectivity index (χ0n) is 32.8. The lowest BCUT2D eigenvalue weighted by Gasteiger charge is -2.62. The lowest BCUT2D eigenvalue weighted by atomic mass is 9.41. The van der Waals surface area contributed by atoms with Crippen molar-refractivity contribution in [2.24, 2.45) is 50.7 Å². The number of Topliss-reactive ketones (excluding diaryl/α,β-unsaturated/α-hetero) is 1. The van der Waals surface area contributed by atoms with Gasteiger partial charge in [0.1, 0.15) is 6.10 Å². The number of aliphatic hydroxyl groups is 1. The first-order valence-electron chi connectivity index (χ1n) is 20.7. The molecule has 8 fully saturated rings. The number of fused-ring (bicyclic) bond motifs is 4. The van der Waals surface area contributed by atoms with Gasteiger partial charge in [-0.15, -0.1) is 0 Å². The number of carbonyl (C=O) groups excluding carboxylic acids is 2. The molecule has 5 aliphatic carbocycles. The molecular weight excluding hydrogens is 646 g/mol. The third-order valence-electron chi connectivity index (χ3n) is 17.2. The standard InChI is InChI=1S/C42H67NO8/c1-9-31(44)51-36(38(5,6)46)27-22-25(2)33-34(49-27)35(45)40(8)29-11-10-28-37(3,4)30(12-15-41(28)24-42(29,41)17-16-39(33,40)7)50-32-23-43(18-21-48-32)26-13-19-47-20-14-26/h25-30,32-34,36,46H,9-24H2,1-8H3/t25-,27-,28+,29+,30+,32+,33?,34+,36+,39-,40-,41-,42+/m1/s1. The summed E-state index contributed by atoms with van der Waals surface area (Å²) in [4.78, 5) is 30.2. The lowest BCUT2D eigenvalue weighted by molar-refractivity contribution is -0.250. The van der Waals surface area contributed by atoms with Gasteiger partial charge in [0, 0.05) is 50.1 Å². The van der Waals surface area contributed by atoms with Gasteiger partial charge in [-0.05, 0) is 117 Å². The van der Waals surface area contributed by atoms with Crippen LogP contribution in [-0.2, 0) is 33.3 Å². The second-order valence-corrected chi connectivity index (χ2v) is 20.0. The molecule has 1 unspecified atom stereocenters. The van der Waals surface area contributed by atoms with Crippen LogP contribution in [0, 0.1) is 50.7 Å². The Morgan fingerprint density at radius 1 is 1.00 bits per heavy atom. The fourth-order valence-corrected chi connectivity index (χ4v) is 14.6. The molecule has 9 heteroatoms. The van der Waals surface area contributed by atoms with Crippen molar-refractivity contribution in [2.75, 3.05) is 32.9 Å². The Balaban J connectivity index is 1.01. The van der Waals surface area contributed by atoms with E-state index in [2.05, 4.69) is 39.5 Å². The number of hydrogen-bond donors (Lipinski definition) is 1. The van der Waals surface area contributed by atoms with Crippen molar-refractivity contribution in [3.8, 4) is 0 Å². The fourth-order valence-electron chi connectivity index (χ4n) is 14.6. The van der Waals surface area contributed by atoms with E-state index in [0.29, 0.717) is 24.3 Å². The van der Waals surface area contributed by atoms with Gasteiger partial charge in [-0.25, -0.2) is 0 Å². The quantitative estimate of drug-likeness (QED) is 0.304. The zero-order chi connectivity index (χ0) is 36.4. The average molecular weight is 714 g/mol. The van der Waals surface area contributed by atoms with E-state index in [1.807, 2.05) is 0 Å². The number of nitrogens with zero attached hydrogens (tertiary/aromatic N) is 1. The highest BCUT2D eigenvalue weighted by Crippen LogP contribution is 2.89. The lowest BCUT2D eigenvalue weighted by Crippen LogP contribution is -2.60. The van der Waals surface area contributed by atoms with Crippen molar-refractivity contribution in [3.63, 3.8) is 0 Å². The monoisotopic (exact) mass is 713 g/mol. The molecule has 0 bridgehead atoms. The molecule has 8 rings (SSSR count). The molecule has 1 N–H and O–H groups in total. The van der Waals surface area contributed by atoms with Crippen molar-refractivity contribution >= 4 is 11.8 Å². The van der Waals surface area contributed by atoms with Gasteiger partial charge in [0.25, 0.3) is 0 Å². The third-order valence-corrected chi connectivity index (χ3v) is 17.2. The van der Waals surface area contributed by atoms with Crippen molar-refractivity contribution in [2.45, 2.75) is 168 Å². The highest BCUT2D eigenvalue weighted by atomic mass is 16.7. The Hall–Kier alpha value is -1.10. The van der Waals surface area contributed by atoms with Gasteiger partial charge in [0.05, 0.1) is 24.4 Å². The molecule has 8 aliphatic rings. The number of morpholine rings is 1. The number of ether oxygens (including phenoxy) is 5. The van der Waals surface area contributed by atoms with E-state index in [9.17, 15) is 9.90 Å². The zero-order valence-corrected chi connectivity index (χ0v) is 32.8. The van der Waals surface area contributed by atoms with E-state index in [0.717, 1.165) is 71.4 Å². The summed E-state index contributed by atoms with van der Waals surface area (Å²) in [6.07, 6.45) is 9.16. The van der Waals surface area contributed by atoms with Crippen LogP contribution in [0.25, 0.3) is 0 Å². The molecule has 2 spiro atoms. The Morgan fingerprint density at radius 2 is 1.71 bits per heavy atom. The van der Waals surface area contributed by atoms with Crippen LogP contribution in [0.15, 0.2) is 0 Å². The topological polar surface area (TPSA) is 104 Å². The van der Waals surface area contributed by atoms with Crippen LogP contribution in [-0.4, -0.2) is 97.0 Å². The minimum atomic E-state index is -1.28. The van der Waals surface area contributed by atoms with Gasteiger partial charge in [0.2, 0.25) is 0 Å². The summed E-state index contributed by atoms with van der Waals surface area (Å²) in [5.41, 5.74) is -1.40. The van der Waals surface area contributed by atoms with Crippen molar-refractivity contribution in [1.82, 2.24) is 4.90 Å². The molecule has 0 aromatic heterocycles. The van der Waals surface area contributed by atoms with Crippen molar-refractivity contribution in [1.29, 1.82) is 0 Å². The van der Waals surface area contributed by atoms with E-state index in [1.54, 1.807) is 20.8 Å². The summed E-state index contributed by atoms with van der Waals surface area (Å²) < 4.78 is 31.5. The maximum Gasteiger partial charge on any atom is 0.305 e. The van der Waals surface area contributed by atoms with E-state index in [-0.39, 0.29) is 64.1 Å². The molecule has 0 amide bonds. The summed E-state index contributed by atoms with van der Waals surface area (Å²) >= 11 is 0. The SMILES string of the molecule is CCC(=O)O[C@@H]([C@H]1C[C@@H](C)C2[C@H](O1)C(=O)[C@@]1(C)[C@@H]3CC[C@H]4C(C)(C)[C@@H](O[C@H]5CN(C6CCOCC6)CCO5)CC[C@@]45C[C@@]35CC[C@]21C)C(C)(C)O. The van der Waals surface area contributed by atoms with Crippen LogP contribution >= 0.6 is 0 Å². The summed E-state index contributed by atoms with van der Waals surface area (Å²) in [5, 5.41) is 11.1. The van der Waals surface area contributed by atoms with Gasteiger partial charge in [-0.3, -0.25) is 14.5 Å². The minimum Gasteiger partial charge on any atom is -0.457 e. The van der Waals surface area contributed by atoms with Crippen molar-refractivity contribution < 1.29 is 38.4 Å². The third kappa shape index (κ3) is 5.27. The van der Waals surface area contributed by atoms with Crippen LogP contribution in [0.1, 0.15) is 126 Å². The van der Waals surface area contributed by atoms with Gasteiger partial charge in [-0.1, -0.05) is 41.5 Å². The number of rotatable bonds is 7. The first kappa shape index (κ1) is 36.9. The summed E-state index contributed by atoms with van der Waals surface area (Å²) in [6.45, 7) is 21.3. The maximum absolute atomic E-state index is 15.1. The highest BCUT2D eigenvalue weighted by molar-refractivity contribution is 5.93. The van der Waals surface area contributed by atoms with Gasteiger partial charge in [0.15, 0.2) is 18.2 Å². The molecule has 3 saturated heterocycles. The first-order chi connectivity index (χ1) is 24.0. The molecule has 288 valence electrons. The number of carbonyl (C=O) groups is 2. The van der Waals surface area contributed by atoms with Crippen LogP contribution in [0.2, 0.25) is 0 Å². The number of ketones is 1. The summed E-state index contributed by atoms with van der Waals surface area (Å²) in [5.74, 6) is 1.17. The Labute approximate surface area is 306 Å². The van der Waals surface area contributed by atoms with Gasteiger partial charge in [-0.2, -0.15) is 0 Å². The molecule has 51 heavy (non-hydrogen) atoms. The number of hydrogen-bond acceptors (Lipinski definition) is 9. The van der Waals surface area contributed by atoms with E-state index < -0.39 is 29.3 Å². The molecule has 13 atom stereocenters. The molecule has 3 aliphatic heterocycles. The molecule has 9 nitrogen and oxygen atoms in total.